The van der Waals surface area contributed by atoms with Gasteiger partial charge in [-0.3, -0.25) is 10.1 Å². The zero-order valence-corrected chi connectivity index (χ0v) is 11.5. The Balaban J connectivity index is 2.34. The molecule has 0 fully saturated rings. The number of nitro benzene ring substituents is 1. The van der Waals surface area contributed by atoms with E-state index >= 15 is 0 Å². The SMILES string of the molecule is CCCC(N)c1noc(-c2cc(Cl)cc([N+](=O)[O-])c2)n1. The fourth-order valence-electron chi connectivity index (χ4n) is 1.75. The minimum absolute atomic E-state index is 0.134. The maximum absolute atomic E-state index is 10.8. The first-order valence-corrected chi connectivity index (χ1v) is 6.43. The molecule has 0 aliphatic rings. The molecule has 0 bridgehead atoms. The second kappa shape index (κ2) is 5.98. The van der Waals surface area contributed by atoms with Gasteiger partial charge in [-0.2, -0.15) is 4.98 Å². The number of hydrogen-bond acceptors (Lipinski definition) is 6. The van der Waals surface area contributed by atoms with E-state index < -0.39 is 4.92 Å². The summed E-state index contributed by atoms with van der Waals surface area (Å²) >= 11 is 5.84. The highest BCUT2D eigenvalue weighted by atomic mass is 35.5. The van der Waals surface area contributed by atoms with Crippen molar-refractivity contribution in [3.05, 3.63) is 39.2 Å². The Bertz CT molecular complexity index is 629. The molecular weight excluding hydrogens is 284 g/mol. The first kappa shape index (κ1) is 14.4. The third-order valence-corrected chi connectivity index (χ3v) is 2.93. The molecule has 2 aromatic rings. The second-order valence-electron chi connectivity index (χ2n) is 4.31. The summed E-state index contributed by atoms with van der Waals surface area (Å²) in [5, 5.41) is 14.8. The lowest BCUT2D eigenvalue weighted by Gasteiger charge is -2.02. The van der Waals surface area contributed by atoms with Crippen LogP contribution in [0.4, 0.5) is 5.69 Å². The number of nitrogens with zero attached hydrogens (tertiary/aromatic N) is 3. The van der Waals surface area contributed by atoms with Crippen LogP contribution in [0.15, 0.2) is 22.7 Å². The summed E-state index contributed by atoms with van der Waals surface area (Å²) in [5.41, 5.74) is 6.15. The zero-order valence-electron chi connectivity index (χ0n) is 10.7. The minimum Gasteiger partial charge on any atom is -0.334 e. The molecule has 0 aliphatic heterocycles. The summed E-state index contributed by atoms with van der Waals surface area (Å²) in [7, 11) is 0. The van der Waals surface area contributed by atoms with Crippen molar-refractivity contribution in [2.75, 3.05) is 0 Å². The number of nitrogens with two attached hydrogens (primary N) is 1. The standard InChI is InChI=1S/C12H13ClN4O3/c1-2-3-10(14)11-15-12(20-16-11)7-4-8(13)6-9(5-7)17(18)19/h4-6,10H,2-3,14H2,1H3. The molecule has 1 aromatic heterocycles. The van der Waals surface area contributed by atoms with E-state index in [2.05, 4.69) is 10.1 Å². The van der Waals surface area contributed by atoms with E-state index in [-0.39, 0.29) is 22.6 Å². The zero-order chi connectivity index (χ0) is 14.7. The Hall–Kier alpha value is -1.99. The minimum atomic E-state index is -0.532. The Morgan fingerprint density at radius 1 is 1.50 bits per heavy atom. The van der Waals surface area contributed by atoms with Crippen LogP contribution in [-0.2, 0) is 0 Å². The van der Waals surface area contributed by atoms with E-state index in [0.717, 1.165) is 12.8 Å². The van der Waals surface area contributed by atoms with E-state index in [1.165, 1.54) is 18.2 Å². The van der Waals surface area contributed by atoms with Crippen LogP contribution in [0.2, 0.25) is 5.02 Å². The van der Waals surface area contributed by atoms with Crippen LogP contribution in [0, 0.1) is 10.1 Å². The highest BCUT2D eigenvalue weighted by Gasteiger charge is 2.17. The highest BCUT2D eigenvalue weighted by molar-refractivity contribution is 6.31. The molecular formula is C12H13ClN4O3. The lowest BCUT2D eigenvalue weighted by Crippen LogP contribution is -2.11. The Kier molecular flexibility index (Phi) is 4.31. The fraction of sp³-hybridized carbons (Fsp3) is 0.333. The van der Waals surface area contributed by atoms with Crippen LogP contribution < -0.4 is 5.73 Å². The molecule has 106 valence electrons. The Morgan fingerprint density at radius 3 is 2.90 bits per heavy atom. The molecule has 2 rings (SSSR count). The molecule has 0 amide bonds. The summed E-state index contributed by atoms with van der Waals surface area (Å²) in [6.07, 6.45) is 1.63. The number of aromatic nitrogens is 2. The van der Waals surface area contributed by atoms with E-state index in [9.17, 15) is 10.1 Å². The molecule has 8 heteroatoms. The predicted octanol–water partition coefficient (Wildman–Crippen LogP) is 3.10. The lowest BCUT2D eigenvalue weighted by atomic mass is 10.1. The maximum Gasteiger partial charge on any atom is 0.271 e. The van der Waals surface area contributed by atoms with Crippen molar-refractivity contribution in [2.45, 2.75) is 25.8 Å². The van der Waals surface area contributed by atoms with Gasteiger partial charge in [-0.05, 0) is 12.5 Å². The van der Waals surface area contributed by atoms with Gasteiger partial charge < -0.3 is 10.3 Å². The summed E-state index contributed by atoms with van der Waals surface area (Å²) in [4.78, 5) is 14.4. The van der Waals surface area contributed by atoms with Gasteiger partial charge in [0.1, 0.15) is 0 Å². The first-order valence-electron chi connectivity index (χ1n) is 6.05. The number of non-ortho nitro benzene ring substituents is 1. The molecule has 1 aromatic carbocycles. The van der Waals surface area contributed by atoms with Gasteiger partial charge >= 0.3 is 0 Å². The van der Waals surface area contributed by atoms with Crippen molar-refractivity contribution in [3.63, 3.8) is 0 Å². The summed E-state index contributed by atoms with van der Waals surface area (Å²) in [5.74, 6) is 0.543. The van der Waals surface area contributed by atoms with E-state index in [4.69, 9.17) is 21.9 Å². The number of halogens is 1. The maximum atomic E-state index is 10.8. The smallest absolute Gasteiger partial charge is 0.271 e. The Morgan fingerprint density at radius 2 is 2.25 bits per heavy atom. The molecule has 0 aliphatic carbocycles. The van der Waals surface area contributed by atoms with Gasteiger partial charge in [0.2, 0.25) is 0 Å². The van der Waals surface area contributed by atoms with Crippen LogP contribution in [0.5, 0.6) is 0 Å². The van der Waals surface area contributed by atoms with Crippen molar-refractivity contribution in [2.24, 2.45) is 5.73 Å². The molecule has 1 heterocycles. The van der Waals surface area contributed by atoms with Crippen LogP contribution in [-0.4, -0.2) is 15.1 Å². The van der Waals surface area contributed by atoms with Gasteiger partial charge in [-0.1, -0.05) is 30.1 Å². The van der Waals surface area contributed by atoms with E-state index in [0.29, 0.717) is 11.4 Å². The number of nitro groups is 1. The van der Waals surface area contributed by atoms with E-state index in [1.54, 1.807) is 0 Å². The lowest BCUT2D eigenvalue weighted by molar-refractivity contribution is -0.384. The summed E-state index contributed by atoms with van der Waals surface area (Å²) in [6, 6.07) is 3.79. The average Bonchev–Trinajstić information content (AvgIpc) is 2.88. The highest BCUT2D eigenvalue weighted by Crippen LogP contribution is 2.28. The van der Waals surface area contributed by atoms with E-state index in [1.807, 2.05) is 6.92 Å². The van der Waals surface area contributed by atoms with Crippen molar-refractivity contribution in [1.29, 1.82) is 0 Å². The van der Waals surface area contributed by atoms with Crippen molar-refractivity contribution >= 4 is 17.3 Å². The summed E-state index contributed by atoms with van der Waals surface area (Å²) in [6.45, 7) is 2.00. The van der Waals surface area contributed by atoms with Crippen LogP contribution in [0.1, 0.15) is 31.6 Å². The molecule has 1 unspecified atom stereocenters. The molecule has 2 N–H and O–H groups in total. The topological polar surface area (TPSA) is 108 Å². The normalized spacial score (nSPS) is 12.3. The fourth-order valence-corrected chi connectivity index (χ4v) is 1.98. The Labute approximate surface area is 119 Å². The predicted molar refractivity (Wildman–Crippen MR) is 73.2 cm³/mol. The van der Waals surface area contributed by atoms with Gasteiger partial charge in [-0.15, -0.1) is 0 Å². The molecule has 0 saturated heterocycles. The van der Waals surface area contributed by atoms with Crippen molar-refractivity contribution < 1.29 is 9.45 Å². The quantitative estimate of drug-likeness (QED) is 0.671. The monoisotopic (exact) mass is 296 g/mol. The van der Waals surface area contributed by atoms with Crippen molar-refractivity contribution in [3.8, 4) is 11.5 Å². The van der Waals surface area contributed by atoms with Gasteiger partial charge in [-0.25, -0.2) is 0 Å². The van der Waals surface area contributed by atoms with Crippen LogP contribution in [0.3, 0.4) is 0 Å². The third kappa shape index (κ3) is 3.12. The van der Waals surface area contributed by atoms with Crippen molar-refractivity contribution in [1.82, 2.24) is 10.1 Å². The average molecular weight is 297 g/mol. The van der Waals surface area contributed by atoms with Gasteiger partial charge in [0.05, 0.1) is 11.0 Å². The molecule has 0 spiro atoms. The van der Waals surface area contributed by atoms with Gasteiger partial charge in [0.25, 0.3) is 11.6 Å². The van der Waals surface area contributed by atoms with Crippen LogP contribution in [0.25, 0.3) is 11.5 Å². The molecule has 7 nitrogen and oxygen atoms in total. The first-order chi connectivity index (χ1) is 9.51. The number of rotatable bonds is 5. The molecule has 0 saturated carbocycles. The second-order valence-corrected chi connectivity index (χ2v) is 4.74. The molecule has 0 radical (unpaired) electrons. The van der Waals surface area contributed by atoms with Crippen LogP contribution >= 0.6 is 11.6 Å². The largest absolute Gasteiger partial charge is 0.334 e. The number of benzene rings is 1. The molecule has 1 atom stereocenters. The summed E-state index contributed by atoms with van der Waals surface area (Å²) < 4.78 is 5.09. The number of hydrogen-bond donors (Lipinski definition) is 1. The van der Waals surface area contributed by atoms with Gasteiger partial charge in [0, 0.05) is 22.7 Å². The molecule has 20 heavy (non-hydrogen) atoms. The van der Waals surface area contributed by atoms with Gasteiger partial charge in [0.15, 0.2) is 5.82 Å². The third-order valence-electron chi connectivity index (χ3n) is 2.71.